The van der Waals surface area contributed by atoms with Gasteiger partial charge in [0, 0.05) is 0 Å². The Kier molecular flexibility index (Phi) is 4.52. The molecule has 5 nitrogen and oxygen atoms in total. The number of methoxy groups -OCH3 is 1. The molecule has 1 heterocycles. The fourth-order valence-electron chi connectivity index (χ4n) is 2.35. The lowest BCUT2D eigenvalue weighted by molar-refractivity contribution is -0.141. The molecule has 0 N–H and O–H groups in total. The molecule has 24 heavy (non-hydrogen) atoms. The van der Waals surface area contributed by atoms with E-state index < -0.39 is 41.5 Å². The molecular weight excluding hydrogens is 327 g/mol. The molecule has 0 radical (unpaired) electrons. The van der Waals surface area contributed by atoms with Gasteiger partial charge in [-0.3, -0.25) is 4.90 Å². The number of hydrogen-bond acceptors (Lipinski definition) is 4. The van der Waals surface area contributed by atoms with Crippen molar-refractivity contribution in [1.82, 2.24) is 4.90 Å². The summed E-state index contributed by atoms with van der Waals surface area (Å²) in [6.07, 6.45) is -5.17. The number of carbonyl (C=O) groups is 2. The van der Waals surface area contributed by atoms with Crippen LogP contribution < -0.4 is 0 Å². The lowest BCUT2D eigenvalue weighted by Gasteiger charge is -2.20. The Morgan fingerprint density at radius 2 is 1.62 bits per heavy atom. The molecule has 0 aliphatic carbocycles. The quantitative estimate of drug-likeness (QED) is 0.608. The molecule has 1 fully saturated rings. The van der Waals surface area contributed by atoms with Gasteiger partial charge in [0.2, 0.25) is 0 Å². The molecule has 1 aliphatic heterocycles. The first-order chi connectivity index (χ1) is 11.0. The topological polar surface area (TPSA) is 55.6 Å². The number of rotatable bonds is 2. The highest BCUT2D eigenvalue weighted by Gasteiger charge is 2.58. The average Bonchev–Trinajstić information content (AvgIpc) is 3.19. The van der Waals surface area contributed by atoms with Crippen LogP contribution in [0.15, 0.2) is 24.3 Å². The van der Waals surface area contributed by atoms with E-state index in [1.54, 1.807) is 20.8 Å². The number of hydrogen-bond donors (Lipinski definition) is 0. The summed E-state index contributed by atoms with van der Waals surface area (Å²) < 4.78 is 47.7. The van der Waals surface area contributed by atoms with Crippen LogP contribution in [0.1, 0.15) is 37.9 Å². The van der Waals surface area contributed by atoms with E-state index >= 15 is 0 Å². The second-order valence-electron chi connectivity index (χ2n) is 6.42. The van der Waals surface area contributed by atoms with E-state index in [2.05, 4.69) is 4.74 Å². The molecule has 8 heteroatoms. The van der Waals surface area contributed by atoms with Crippen molar-refractivity contribution in [3.63, 3.8) is 0 Å². The zero-order chi connectivity index (χ0) is 18.3. The van der Waals surface area contributed by atoms with Crippen LogP contribution in [0.4, 0.5) is 18.0 Å². The van der Waals surface area contributed by atoms with Gasteiger partial charge >= 0.3 is 18.2 Å². The van der Waals surface area contributed by atoms with Crippen LogP contribution >= 0.6 is 0 Å². The smallest absolute Gasteiger partial charge is 0.416 e. The fraction of sp³-hybridized carbons (Fsp3) is 0.500. The van der Waals surface area contributed by atoms with Gasteiger partial charge in [0.15, 0.2) is 6.04 Å². The third-order valence-corrected chi connectivity index (χ3v) is 3.44. The van der Waals surface area contributed by atoms with Crippen molar-refractivity contribution in [3.8, 4) is 0 Å². The first-order valence-electron chi connectivity index (χ1n) is 7.22. The number of carbonyl (C=O) groups excluding carboxylic acids is 2. The van der Waals surface area contributed by atoms with Gasteiger partial charge in [-0.15, -0.1) is 0 Å². The zero-order valence-electron chi connectivity index (χ0n) is 13.7. The molecule has 0 aromatic heterocycles. The Bertz CT molecular complexity index is 634. The van der Waals surface area contributed by atoms with Crippen LogP contribution in [0.5, 0.6) is 0 Å². The average molecular weight is 345 g/mol. The fourth-order valence-corrected chi connectivity index (χ4v) is 2.35. The molecular formula is C16H18F3NO4. The van der Waals surface area contributed by atoms with Crippen molar-refractivity contribution < 1.29 is 32.2 Å². The van der Waals surface area contributed by atoms with E-state index in [1.165, 1.54) is 19.2 Å². The minimum atomic E-state index is -4.45. The van der Waals surface area contributed by atoms with Gasteiger partial charge in [-0.05, 0) is 38.5 Å². The molecule has 0 unspecified atom stereocenters. The van der Waals surface area contributed by atoms with Crippen LogP contribution in [0.3, 0.4) is 0 Å². The Labute approximate surface area is 137 Å². The summed E-state index contributed by atoms with van der Waals surface area (Å²) in [6, 6.07) is 2.71. The number of esters is 1. The van der Waals surface area contributed by atoms with E-state index in [1.807, 2.05) is 0 Å². The number of amides is 1. The summed E-state index contributed by atoms with van der Waals surface area (Å²) in [5.74, 6) is -0.647. The second-order valence-corrected chi connectivity index (χ2v) is 6.42. The summed E-state index contributed by atoms with van der Waals surface area (Å²) in [6.45, 7) is 5.03. The number of benzene rings is 1. The van der Waals surface area contributed by atoms with Gasteiger partial charge in [0.25, 0.3) is 0 Å². The second kappa shape index (κ2) is 5.99. The minimum Gasteiger partial charge on any atom is -0.467 e. The maximum Gasteiger partial charge on any atom is 0.416 e. The van der Waals surface area contributed by atoms with Crippen LogP contribution in [0, 0.1) is 0 Å². The molecule has 2 atom stereocenters. The van der Waals surface area contributed by atoms with Crippen molar-refractivity contribution in [1.29, 1.82) is 0 Å². The van der Waals surface area contributed by atoms with Crippen LogP contribution in [0.2, 0.25) is 0 Å². The lowest BCUT2D eigenvalue weighted by atomic mass is 10.1. The first-order valence-corrected chi connectivity index (χ1v) is 7.22. The highest BCUT2D eigenvalue weighted by atomic mass is 19.4. The van der Waals surface area contributed by atoms with E-state index in [0.717, 1.165) is 17.0 Å². The molecule has 0 bridgehead atoms. The predicted octanol–water partition coefficient (Wildman–Crippen LogP) is 3.54. The SMILES string of the molecule is COC(=O)[C@@H]1[C@@H](c2ccc(C(F)(F)F)cc2)N1C(=O)OC(C)(C)C. The molecule has 1 aromatic rings. The van der Waals surface area contributed by atoms with E-state index in [-0.39, 0.29) is 0 Å². The Morgan fingerprint density at radius 1 is 1.08 bits per heavy atom. The van der Waals surface area contributed by atoms with Crippen molar-refractivity contribution in [2.75, 3.05) is 7.11 Å². The summed E-state index contributed by atoms with van der Waals surface area (Å²) in [5.41, 5.74) is -1.15. The number of alkyl halides is 3. The lowest BCUT2D eigenvalue weighted by Crippen LogP contribution is -2.29. The van der Waals surface area contributed by atoms with Crippen LogP contribution in [-0.2, 0) is 20.4 Å². The van der Waals surface area contributed by atoms with E-state index in [0.29, 0.717) is 5.56 Å². The number of halogens is 3. The maximum absolute atomic E-state index is 12.6. The molecule has 1 amide bonds. The molecule has 1 saturated heterocycles. The Balaban J connectivity index is 2.23. The van der Waals surface area contributed by atoms with Gasteiger partial charge in [0.05, 0.1) is 18.7 Å². The molecule has 2 rings (SSSR count). The molecule has 1 aliphatic rings. The maximum atomic E-state index is 12.6. The third kappa shape index (κ3) is 3.80. The first kappa shape index (κ1) is 18.1. The molecule has 132 valence electrons. The van der Waals surface area contributed by atoms with Gasteiger partial charge in [0.1, 0.15) is 5.60 Å². The predicted molar refractivity (Wildman–Crippen MR) is 78.1 cm³/mol. The Morgan fingerprint density at radius 3 is 2.04 bits per heavy atom. The summed E-state index contributed by atoms with van der Waals surface area (Å²) >= 11 is 0. The monoisotopic (exact) mass is 345 g/mol. The molecule has 0 spiro atoms. The van der Waals surface area contributed by atoms with Crippen molar-refractivity contribution in [2.24, 2.45) is 0 Å². The van der Waals surface area contributed by atoms with Crippen LogP contribution in [0.25, 0.3) is 0 Å². The highest BCUT2D eigenvalue weighted by molar-refractivity contribution is 5.88. The normalized spacial score (nSPS) is 20.5. The molecule has 0 saturated carbocycles. The highest BCUT2D eigenvalue weighted by Crippen LogP contribution is 2.45. The van der Waals surface area contributed by atoms with Gasteiger partial charge < -0.3 is 9.47 Å². The summed E-state index contributed by atoms with van der Waals surface area (Å²) in [7, 11) is 1.18. The third-order valence-electron chi connectivity index (χ3n) is 3.44. The van der Waals surface area contributed by atoms with Crippen molar-refractivity contribution in [3.05, 3.63) is 35.4 Å². The summed E-state index contributed by atoms with van der Waals surface area (Å²) in [4.78, 5) is 25.1. The van der Waals surface area contributed by atoms with Gasteiger partial charge in [-0.1, -0.05) is 12.1 Å². The van der Waals surface area contributed by atoms with Gasteiger partial charge in [-0.25, -0.2) is 9.59 Å². The minimum absolute atomic E-state index is 0.407. The zero-order valence-corrected chi connectivity index (χ0v) is 13.7. The van der Waals surface area contributed by atoms with Gasteiger partial charge in [-0.2, -0.15) is 13.2 Å². The van der Waals surface area contributed by atoms with E-state index in [9.17, 15) is 22.8 Å². The molecule has 1 aromatic carbocycles. The summed E-state index contributed by atoms with van der Waals surface area (Å²) in [5, 5.41) is 0. The largest absolute Gasteiger partial charge is 0.467 e. The number of nitrogens with zero attached hydrogens (tertiary/aromatic N) is 1. The Hall–Kier alpha value is -2.25. The van der Waals surface area contributed by atoms with E-state index in [4.69, 9.17) is 4.74 Å². The standard InChI is InChI=1S/C16H18F3NO4/c1-15(2,3)24-14(22)20-11(12(20)13(21)23-4)9-5-7-10(8-6-9)16(17,18)19/h5-8,11-12H,1-4H3/t11-,12+,20?/m1/s1. The number of ether oxygens (including phenoxy) is 2. The van der Waals surface area contributed by atoms with Crippen molar-refractivity contribution in [2.45, 2.75) is 44.6 Å². The van der Waals surface area contributed by atoms with Crippen LogP contribution in [-0.4, -0.2) is 35.7 Å². The van der Waals surface area contributed by atoms with Crippen molar-refractivity contribution >= 4 is 12.1 Å².